The Kier molecular flexibility index (Phi) is 3.85. The highest BCUT2D eigenvalue weighted by atomic mass is 35.5. The van der Waals surface area contributed by atoms with Gasteiger partial charge < -0.3 is 10.6 Å². The number of likely N-dealkylation sites (N-methyl/N-ethyl adjacent to an activating group) is 1. The molecule has 1 amide bonds. The summed E-state index contributed by atoms with van der Waals surface area (Å²) in [6.45, 7) is 1.77. The molecule has 0 bridgehead atoms. The van der Waals surface area contributed by atoms with Gasteiger partial charge in [0.15, 0.2) is 0 Å². The number of hydrogen-bond donors (Lipinski definition) is 2. The van der Waals surface area contributed by atoms with E-state index in [2.05, 4.69) is 15.6 Å². The molecule has 1 aromatic heterocycles. The van der Waals surface area contributed by atoms with Crippen molar-refractivity contribution in [3.63, 3.8) is 0 Å². The fraction of sp³-hybridized carbons (Fsp3) is 0.333. The first-order valence-electron chi connectivity index (χ1n) is 4.23. The maximum atomic E-state index is 11.4. The number of hydrogen-bond acceptors (Lipinski definition) is 3. The number of pyridine rings is 1. The average molecular weight is 214 g/mol. The van der Waals surface area contributed by atoms with Gasteiger partial charge in [0, 0.05) is 6.20 Å². The van der Waals surface area contributed by atoms with Gasteiger partial charge in [0.05, 0.1) is 11.1 Å². The van der Waals surface area contributed by atoms with Crippen LogP contribution in [0, 0.1) is 0 Å². The van der Waals surface area contributed by atoms with Gasteiger partial charge in [-0.2, -0.15) is 0 Å². The maximum Gasteiger partial charge on any atom is 0.242 e. The number of aromatic nitrogens is 1. The van der Waals surface area contributed by atoms with Crippen LogP contribution in [-0.2, 0) is 4.79 Å². The molecule has 2 N–H and O–H groups in total. The number of carbonyl (C=O) groups excluding carboxylic acids is 1. The third-order valence-electron chi connectivity index (χ3n) is 1.80. The van der Waals surface area contributed by atoms with Crippen molar-refractivity contribution in [2.24, 2.45) is 0 Å². The average Bonchev–Trinajstić information content (AvgIpc) is 2.20. The quantitative estimate of drug-likeness (QED) is 0.796. The number of carbonyl (C=O) groups is 1. The summed E-state index contributed by atoms with van der Waals surface area (Å²) < 4.78 is 0. The Bertz CT molecular complexity index is 312. The molecule has 1 heterocycles. The van der Waals surface area contributed by atoms with Crippen LogP contribution in [0.25, 0.3) is 0 Å². The summed E-state index contributed by atoms with van der Waals surface area (Å²) in [7, 11) is 1.72. The van der Waals surface area contributed by atoms with Crippen LogP contribution in [0.1, 0.15) is 6.92 Å². The second-order valence-corrected chi connectivity index (χ2v) is 3.30. The molecule has 0 aliphatic carbocycles. The first-order valence-corrected chi connectivity index (χ1v) is 4.61. The lowest BCUT2D eigenvalue weighted by Gasteiger charge is -2.09. The second kappa shape index (κ2) is 4.93. The molecule has 4 nitrogen and oxygen atoms in total. The van der Waals surface area contributed by atoms with Gasteiger partial charge in [-0.15, -0.1) is 0 Å². The number of nitrogens with one attached hydrogen (secondary N) is 2. The Balaban J connectivity index is 2.60. The topological polar surface area (TPSA) is 54.0 Å². The zero-order valence-corrected chi connectivity index (χ0v) is 8.80. The number of nitrogens with zero attached hydrogens (tertiary/aromatic N) is 1. The van der Waals surface area contributed by atoms with Crippen LogP contribution in [0.15, 0.2) is 18.3 Å². The third-order valence-corrected chi connectivity index (χ3v) is 2.03. The molecule has 1 atom stereocenters. The van der Waals surface area contributed by atoms with Crippen molar-refractivity contribution in [1.29, 1.82) is 0 Å². The Hall–Kier alpha value is -1.13. The molecule has 0 aliphatic heterocycles. The standard InChI is InChI=1S/C9H12ClN3O/c1-6(11-2)9(14)13-8-4-3-7(10)5-12-8/h3-6,11H,1-2H3,(H,12,13,14). The van der Waals surface area contributed by atoms with Crippen LogP contribution in [0.2, 0.25) is 5.02 Å². The number of anilines is 1. The largest absolute Gasteiger partial charge is 0.309 e. The number of amides is 1. The Morgan fingerprint density at radius 3 is 2.79 bits per heavy atom. The van der Waals surface area contributed by atoms with Crippen molar-refractivity contribution in [2.45, 2.75) is 13.0 Å². The van der Waals surface area contributed by atoms with Crippen LogP contribution in [0.5, 0.6) is 0 Å². The highest BCUT2D eigenvalue weighted by Gasteiger charge is 2.10. The summed E-state index contributed by atoms with van der Waals surface area (Å²) in [4.78, 5) is 15.3. The van der Waals surface area contributed by atoms with Gasteiger partial charge in [-0.25, -0.2) is 4.98 Å². The molecule has 1 aromatic rings. The van der Waals surface area contributed by atoms with Crippen molar-refractivity contribution < 1.29 is 4.79 Å². The smallest absolute Gasteiger partial charge is 0.242 e. The summed E-state index contributed by atoms with van der Waals surface area (Å²) in [5.41, 5.74) is 0. The molecule has 14 heavy (non-hydrogen) atoms. The highest BCUT2D eigenvalue weighted by molar-refractivity contribution is 6.30. The number of halogens is 1. The van der Waals surface area contributed by atoms with Crippen LogP contribution in [0.3, 0.4) is 0 Å². The van der Waals surface area contributed by atoms with Gasteiger partial charge >= 0.3 is 0 Å². The molecule has 1 unspecified atom stereocenters. The summed E-state index contributed by atoms with van der Waals surface area (Å²) in [5.74, 6) is 0.379. The van der Waals surface area contributed by atoms with E-state index >= 15 is 0 Å². The lowest BCUT2D eigenvalue weighted by Crippen LogP contribution is -2.35. The molecule has 0 saturated carbocycles. The van der Waals surface area contributed by atoms with Gasteiger partial charge in [-0.05, 0) is 26.1 Å². The van der Waals surface area contributed by atoms with Gasteiger partial charge in [-0.1, -0.05) is 11.6 Å². The molecular formula is C9H12ClN3O. The minimum Gasteiger partial charge on any atom is -0.309 e. The zero-order chi connectivity index (χ0) is 10.6. The lowest BCUT2D eigenvalue weighted by molar-refractivity contribution is -0.117. The van der Waals surface area contributed by atoms with E-state index in [1.165, 1.54) is 6.20 Å². The van der Waals surface area contributed by atoms with Gasteiger partial charge in [0.1, 0.15) is 5.82 Å². The molecule has 0 aromatic carbocycles. The van der Waals surface area contributed by atoms with E-state index in [9.17, 15) is 4.79 Å². The summed E-state index contributed by atoms with van der Waals surface area (Å²) in [6.07, 6.45) is 1.49. The van der Waals surface area contributed by atoms with E-state index < -0.39 is 0 Å². The highest BCUT2D eigenvalue weighted by Crippen LogP contribution is 2.09. The minimum atomic E-state index is -0.243. The van der Waals surface area contributed by atoms with Crippen LogP contribution < -0.4 is 10.6 Å². The van der Waals surface area contributed by atoms with Gasteiger partial charge in [0.25, 0.3) is 0 Å². The first-order chi connectivity index (χ1) is 6.63. The molecule has 0 saturated heterocycles. The predicted molar refractivity (Wildman–Crippen MR) is 56.4 cm³/mol. The van der Waals surface area contributed by atoms with Crippen molar-refractivity contribution in [3.05, 3.63) is 23.4 Å². The fourth-order valence-electron chi connectivity index (χ4n) is 0.815. The van der Waals surface area contributed by atoms with Crippen LogP contribution in [-0.4, -0.2) is 24.0 Å². The molecule has 0 aliphatic rings. The monoisotopic (exact) mass is 213 g/mol. The predicted octanol–water partition coefficient (Wildman–Crippen LogP) is 1.28. The summed E-state index contributed by atoms with van der Waals surface area (Å²) in [6, 6.07) is 3.09. The van der Waals surface area contributed by atoms with Crippen molar-refractivity contribution in [3.8, 4) is 0 Å². The Morgan fingerprint density at radius 2 is 2.29 bits per heavy atom. The molecule has 0 spiro atoms. The first kappa shape index (κ1) is 10.9. The minimum absolute atomic E-state index is 0.123. The van der Waals surface area contributed by atoms with E-state index in [-0.39, 0.29) is 11.9 Å². The third kappa shape index (κ3) is 2.97. The molecular weight excluding hydrogens is 202 g/mol. The molecule has 5 heteroatoms. The Labute approximate surface area is 87.7 Å². The van der Waals surface area contributed by atoms with E-state index in [1.807, 2.05) is 0 Å². The lowest BCUT2D eigenvalue weighted by atomic mass is 10.3. The molecule has 0 fully saturated rings. The van der Waals surface area contributed by atoms with Crippen molar-refractivity contribution >= 4 is 23.3 Å². The van der Waals surface area contributed by atoms with E-state index in [0.29, 0.717) is 10.8 Å². The van der Waals surface area contributed by atoms with E-state index in [0.717, 1.165) is 0 Å². The van der Waals surface area contributed by atoms with Crippen LogP contribution >= 0.6 is 11.6 Å². The van der Waals surface area contributed by atoms with Crippen molar-refractivity contribution in [1.82, 2.24) is 10.3 Å². The van der Waals surface area contributed by atoms with Gasteiger partial charge in [0.2, 0.25) is 5.91 Å². The molecule has 0 radical (unpaired) electrons. The maximum absolute atomic E-state index is 11.4. The zero-order valence-electron chi connectivity index (χ0n) is 8.04. The van der Waals surface area contributed by atoms with E-state index in [1.54, 1.807) is 26.1 Å². The Morgan fingerprint density at radius 1 is 1.57 bits per heavy atom. The van der Waals surface area contributed by atoms with Crippen LogP contribution in [0.4, 0.5) is 5.82 Å². The summed E-state index contributed by atoms with van der Waals surface area (Å²) in [5, 5.41) is 6.03. The normalized spacial score (nSPS) is 12.2. The molecule has 76 valence electrons. The fourth-order valence-corrected chi connectivity index (χ4v) is 0.927. The molecule has 1 rings (SSSR count). The summed E-state index contributed by atoms with van der Waals surface area (Å²) >= 11 is 5.65. The second-order valence-electron chi connectivity index (χ2n) is 2.86. The van der Waals surface area contributed by atoms with Gasteiger partial charge in [-0.3, -0.25) is 4.79 Å². The van der Waals surface area contributed by atoms with E-state index in [4.69, 9.17) is 11.6 Å². The number of rotatable bonds is 3. The van der Waals surface area contributed by atoms with Crippen molar-refractivity contribution in [2.75, 3.05) is 12.4 Å². The SMILES string of the molecule is CNC(C)C(=O)Nc1ccc(Cl)cn1.